The Balaban J connectivity index is 1.26. The van der Waals surface area contributed by atoms with Crippen molar-refractivity contribution in [3.8, 4) is 0 Å². The standard InChI is InChI=1S/C42H40N4O4S/c1-26-32(17-11-19-34(26)44-40(50)36-23-21-28-13-8-10-18-35(28)43-36)38(48)45-41(51-31-22-20-27-12-5-6-14-29(27)24-31)37(47)25-30-15-7-9-16-33(30)39(49)46-42(2,3)4/h5-24,37,41,47H,25H2,1-4H3,(H,44,50)(H,45,48)(H,46,49)/t37-,41?/m1/s1. The van der Waals surface area contributed by atoms with Gasteiger partial charge in [-0.1, -0.05) is 90.6 Å². The molecule has 0 aliphatic rings. The van der Waals surface area contributed by atoms with Crippen LogP contribution in [0.2, 0.25) is 0 Å². The van der Waals surface area contributed by atoms with E-state index >= 15 is 0 Å². The average Bonchev–Trinajstić information content (AvgIpc) is 3.11. The van der Waals surface area contributed by atoms with Gasteiger partial charge in [-0.15, -0.1) is 0 Å². The van der Waals surface area contributed by atoms with Crippen LogP contribution in [0.1, 0.15) is 63.1 Å². The molecule has 0 radical (unpaired) electrons. The second kappa shape index (κ2) is 15.2. The van der Waals surface area contributed by atoms with Crippen LogP contribution in [0.15, 0.2) is 126 Å². The van der Waals surface area contributed by atoms with E-state index in [-0.39, 0.29) is 18.0 Å². The molecule has 258 valence electrons. The van der Waals surface area contributed by atoms with Crippen molar-refractivity contribution >= 4 is 56.8 Å². The molecule has 0 bridgehead atoms. The van der Waals surface area contributed by atoms with Crippen LogP contribution < -0.4 is 16.0 Å². The van der Waals surface area contributed by atoms with Crippen LogP contribution >= 0.6 is 11.8 Å². The van der Waals surface area contributed by atoms with Crippen molar-refractivity contribution in [3.05, 3.63) is 149 Å². The summed E-state index contributed by atoms with van der Waals surface area (Å²) in [5.41, 5.74) is 3.04. The number of benzene rings is 5. The van der Waals surface area contributed by atoms with Gasteiger partial charge in [-0.3, -0.25) is 14.4 Å². The topological polar surface area (TPSA) is 120 Å². The lowest BCUT2D eigenvalue weighted by Crippen LogP contribution is -2.43. The minimum absolute atomic E-state index is 0.118. The van der Waals surface area contributed by atoms with E-state index in [0.29, 0.717) is 33.5 Å². The maximum Gasteiger partial charge on any atom is 0.274 e. The van der Waals surface area contributed by atoms with Gasteiger partial charge in [0, 0.05) is 39.1 Å². The molecule has 5 aromatic carbocycles. The van der Waals surface area contributed by atoms with Crippen molar-refractivity contribution in [3.63, 3.8) is 0 Å². The van der Waals surface area contributed by atoms with E-state index < -0.39 is 28.8 Å². The van der Waals surface area contributed by atoms with Crippen LogP contribution in [0.5, 0.6) is 0 Å². The summed E-state index contributed by atoms with van der Waals surface area (Å²) in [7, 11) is 0. The fourth-order valence-electron chi connectivity index (χ4n) is 5.85. The number of carbonyl (C=O) groups is 3. The number of aliphatic hydroxyl groups is 1. The monoisotopic (exact) mass is 696 g/mol. The number of hydrogen-bond donors (Lipinski definition) is 4. The molecule has 51 heavy (non-hydrogen) atoms. The molecule has 1 unspecified atom stereocenters. The number of nitrogens with one attached hydrogen (secondary N) is 3. The number of para-hydroxylation sites is 1. The number of carbonyl (C=O) groups excluding carboxylic acids is 3. The minimum atomic E-state index is -1.07. The fourth-order valence-corrected chi connectivity index (χ4v) is 6.91. The third-order valence-corrected chi connectivity index (χ3v) is 9.66. The van der Waals surface area contributed by atoms with E-state index in [9.17, 15) is 19.5 Å². The number of thioether (sulfide) groups is 1. The van der Waals surface area contributed by atoms with E-state index in [2.05, 4.69) is 20.9 Å². The van der Waals surface area contributed by atoms with Crippen LogP contribution in [0, 0.1) is 6.92 Å². The van der Waals surface area contributed by atoms with Crippen molar-refractivity contribution in [1.82, 2.24) is 15.6 Å². The molecule has 0 aliphatic carbocycles. The van der Waals surface area contributed by atoms with Gasteiger partial charge in [-0.05, 0) is 92.1 Å². The van der Waals surface area contributed by atoms with Gasteiger partial charge in [0.2, 0.25) is 0 Å². The molecule has 1 aromatic heterocycles. The van der Waals surface area contributed by atoms with Gasteiger partial charge in [0.15, 0.2) is 0 Å². The number of nitrogens with zero attached hydrogens (tertiary/aromatic N) is 1. The second-order valence-corrected chi connectivity index (χ2v) is 14.7. The average molecular weight is 697 g/mol. The number of amides is 3. The molecular formula is C42H40N4O4S. The van der Waals surface area contributed by atoms with Gasteiger partial charge in [0.25, 0.3) is 17.7 Å². The summed E-state index contributed by atoms with van der Waals surface area (Å²) in [6.45, 7) is 7.51. The number of hydrogen-bond acceptors (Lipinski definition) is 6. The summed E-state index contributed by atoms with van der Waals surface area (Å²) in [5, 5.41) is 23.0. The smallest absolute Gasteiger partial charge is 0.274 e. The van der Waals surface area contributed by atoms with Gasteiger partial charge in [0.05, 0.1) is 11.6 Å². The third kappa shape index (κ3) is 8.63. The summed E-state index contributed by atoms with van der Waals surface area (Å²) in [4.78, 5) is 45.8. The zero-order valence-electron chi connectivity index (χ0n) is 28.9. The maximum absolute atomic E-state index is 14.0. The van der Waals surface area contributed by atoms with Crippen LogP contribution in [0.25, 0.3) is 21.7 Å². The Kier molecular flexibility index (Phi) is 10.5. The van der Waals surface area contributed by atoms with E-state index in [1.807, 2.05) is 106 Å². The normalized spacial score (nSPS) is 12.6. The maximum atomic E-state index is 14.0. The SMILES string of the molecule is Cc1c(NC(=O)c2ccc3ccccc3n2)cccc1C(=O)NC(Sc1ccc2ccccc2c1)[C@H](O)Cc1ccccc1C(=O)NC(C)(C)C. The van der Waals surface area contributed by atoms with Crippen LogP contribution in [-0.4, -0.2) is 44.8 Å². The van der Waals surface area contributed by atoms with Crippen molar-refractivity contribution in [2.45, 2.75) is 56.0 Å². The first-order chi connectivity index (χ1) is 24.4. The number of aromatic nitrogens is 1. The van der Waals surface area contributed by atoms with Crippen molar-refractivity contribution in [1.29, 1.82) is 0 Å². The summed E-state index contributed by atoms with van der Waals surface area (Å²) in [6.07, 6.45) is -0.955. The Morgan fingerprint density at radius 3 is 2.18 bits per heavy atom. The molecule has 2 atom stereocenters. The molecule has 0 fully saturated rings. The molecule has 6 rings (SSSR count). The predicted octanol–water partition coefficient (Wildman–Crippen LogP) is 7.93. The number of anilines is 1. The summed E-state index contributed by atoms with van der Waals surface area (Å²) in [6, 6.07) is 37.4. The minimum Gasteiger partial charge on any atom is -0.390 e. The Hall–Kier alpha value is -5.51. The highest BCUT2D eigenvalue weighted by atomic mass is 32.2. The van der Waals surface area contributed by atoms with Crippen LogP contribution in [-0.2, 0) is 6.42 Å². The molecule has 9 heteroatoms. The largest absolute Gasteiger partial charge is 0.390 e. The number of pyridine rings is 1. The lowest BCUT2D eigenvalue weighted by atomic mass is 9.99. The quantitative estimate of drug-likeness (QED) is 0.0853. The van der Waals surface area contributed by atoms with Crippen LogP contribution in [0.4, 0.5) is 5.69 Å². The highest BCUT2D eigenvalue weighted by Crippen LogP contribution is 2.30. The lowest BCUT2D eigenvalue weighted by molar-refractivity contribution is 0.0888. The van der Waals surface area contributed by atoms with E-state index in [0.717, 1.165) is 21.1 Å². The number of rotatable bonds is 10. The number of aliphatic hydroxyl groups excluding tert-OH is 1. The van der Waals surface area contributed by atoms with Crippen molar-refractivity contribution in [2.75, 3.05) is 5.32 Å². The van der Waals surface area contributed by atoms with Crippen molar-refractivity contribution in [2.24, 2.45) is 0 Å². The molecule has 0 spiro atoms. The van der Waals surface area contributed by atoms with Gasteiger partial charge in [0.1, 0.15) is 11.1 Å². The molecule has 6 aromatic rings. The Bertz CT molecular complexity index is 2250. The lowest BCUT2D eigenvalue weighted by Gasteiger charge is -2.26. The first-order valence-corrected chi connectivity index (χ1v) is 17.6. The molecule has 1 heterocycles. The zero-order valence-corrected chi connectivity index (χ0v) is 29.8. The summed E-state index contributed by atoms with van der Waals surface area (Å²) >= 11 is 1.34. The van der Waals surface area contributed by atoms with Gasteiger partial charge in [-0.2, -0.15) is 0 Å². The molecule has 0 saturated heterocycles. The first-order valence-electron chi connectivity index (χ1n) is 16.8. The van der Waals surface area contributed by atoms with Gasteiger partial charge >= 0.3 is 0 Å². The third-order valence-electron chi connectivity index (χ3n) is 8.44. The van der Waals surface area contributed by atoms with E-state index in [1.54, 1.807) is 43.3 Å². The Labute approximate surface area is 301 Å². The van der Waals surface area contributed by atoms with E-state index in [1.165, 1.54) is 11.8 Å². The molecule has 8 nitrogen and oxygen atoms in total. The van der Waals surface area contributed by atoms with Crippen molar-refractivity contribution < 1.29 is 19.5 Å². The number of fused-ring (bicyclic) bond motifs is 2. The summed E-state index contributed by atoms with van der Waals surface area (Å²) < 4.78 is 0. The van der Waals surface area contributed by atoms with Gasteiger partial charge in [-0.25, -0.2) is 4.98 Å². The highest BCUT2D eigenvalue weighted by Gasteiger charge is 2.27. The Morgan fingerprint density at radius 1 is 0.725 bits per heavy atom. The zero-order chi connectivity index (χ0) is 36.1. The predicted molar refractivity (Wildman–Crippen MR) is 205 cm³/mol. The fraction of sp³-hybridized carbons (Fsp3) is 0.190. The summed E-state index contributed by atoms with van der Waals surface area (Å²) in [5.74, 6) is -1.04. The first kappa shape index (κ1) is 35.3. The molecule has 4 N–H and O–H groups in total. The Morgan fingerprint density at radius 2 is 1.39 bits per heavy atom. The highest BCUT2D eigenvalue weighted by molar-refractivity contribution is 8.00. The van der Waals surface area contributed by atoms with Crippen LogP contribution in [0.3, 0.4) is 0 Å². The van der Waals surface area contributed by atoms with Gasteiger partial charge < -0.3 is 21.1 Å². The molecular weight excluding hydrogens is 657 g/mol. The second-order valence-electron chi connectivity index (χ2n) is 13.5. The van der Waals surface area contributed by atoms with E-state index in [4.69, 9.17) is 0 Å². The molecule has 0 aliphatic heterocycles. The molecule has 3 amide bonds. The molecule has 0 saturated carbocycles.